The van der Waals surface area contributed by atoms with Gasteiger partial charge in [0.2, 0.25) is 0 Å². The first-order chi connectivity index (χ1) is 9.49. The van der Waals surface area contributed by atoms with Gasteiger partial charge in [0.15, 0.2) is 0 Å². The lowest BCUT2D eigenvalue weighted by molar-refractivity contribution is 0.625. The van der Waals surface area contributed by atoms with E-state index in [4.69, 9.17) is 18.0 Å². The third kappa shape index (κ3) is 3.35. The average molecular weight is 353 g/mol. The first kappa shape index (κ1) is 14.9. The van der Waals surface area contributed by atoms with E-state index in [1.165, 1.54) is 6.07 Å². The molecule has 1 unspecified atom stereocenters. The predicted molar refractivity (Wildman–Crippen MR) is 88.5 cm³/mol. The Bertz CT molecular complexity index is 646. The molecule has 0 aromatic heterocycles. The van der Waals surface area contributed by atoms with Crippen molar-refractivity contribution in [2.75, 3.05) is 5.32 Å². The molecule has 0 aliphatic carbocycles. The summed E-state index contributed by atoms with van der Waals surface area (Å²) in [6.45, 7) is 2.00. The first-order valence-electron chi connectivity index (χ1n) is 6.09. The predicted octanol–water partition coefficient (Wildman–Crippen LogP) is 4.40. The van der Waals surface area contributed by atoms with Gasteiger partial charge in [-0.3, -0.25) is 0 Å². The lowest BCUT2D eigenvalue weighted by Gasteiger charge is -2.18. The summed E-state index contributed by atoms with van der Waals surface area (Å²) in [7, 11) is 0. The largest absolute Gasteiger partial charge is 0.389 e. The van der Waals surface area contributed by atoms with Crippen LogP contribution >= 0.6 is 28.1 Å². The van der Waals surface area contributed by atoms with E-state index in [1.54, 1.807) is 12.1 Å². The fourth-order valence-corrected chi connectivity index (χ4v) is 2.61. The summed E-state index contributed by atoms with van der Waals surface area (Å²) in [6.07, 6.45) is 0. The molecule has 0 bridgehead atoms. The number of nitrogens with two attached hydrogens (primary N) is 1. The normalized spacial score (nSPS) is 11.9. The van der Waals surface area contributed by atoms with Crippen LogP contribution in [0.15, 0.2) is 46.9 Å². The van der Waals surface area contributed by atoms with Crippen LogP contribution in [0.5, 0.6) is 0 Å². The summed E-state index contributed by atoms with van der Waals surface area (Å²) in [4.78, 5) is 0.0482. The lowest BCUT2D eigenvalue weighted by atomic mass is 10.1. The van der Waals surface area contributed by atoms with Crippen LogP contribution in [-0.4, -0.2) is 4.99 Å². The number of halogens is 2. The highest BCUT2D eigenvalue weighted by atomic mass is 79.9. The van der Waals surface area contributed by atoms with Crippen LogP contribution < -0.4 is 11.1 Å². The Labute approximate surface area is 131 Å². The van der Waals surface area contributed by atoms with E-state index in [-0.39, 0.29) is 16.6 Å². The molecule has 0 saturated heterocycles. The van der Waals surface area contributed by atoms with Crippen molar-refractivity contribution < 1.29 is 4.39 Å². The van der Waals surface area contributed by atoms with Crippen molar-refractivity contribution >= 4 is 38.8 Å². The summed E-state index contributed by atoms with van der Waals surface area (Å²) in [6, 6.07) is 12.7. The highest BCUT2D eigenvalue weighted by Gasteiger charge is 2.13. The Balaban J connectivity index is 2.30. The van der Waals surface area contributed by atoms with Crippen LogP contribution in [0.4, 0.5) is 10.1 Å². The van der Waals surface area contributed by atoms with E-state index in [2.05, 4.69) is 21.2 Å². The zero-order valence-electron chi connectivity index (χ0n) is 10.9. The van der Waals surface area contributed by atoms with Crippen molar-refractivity contribution in [1.29, 1.82) is 0 Å². The number of nitrogens with one attached hydrogen (secondary N) is 1. The van der Waals surface area contributed by atoms with Crippen LogP contribution in [-0.2, 0) is 0 Å². The third-order valence-electron chi connectivity index (χ3n) is 2.98. The molecular weight excluding hydrogens is 339 g/mol. The molecule has 20 heavy (non-hydrogen) atoms. The van der Waals surface area contributed by atoms with E-state index in [0.29, 0.717) is 5.69 Å². The molecule has 2 nitrogen and oxygen atoms in total. The lowest BCUT2D eigenvalue weighted by Crippen LogP contribution is -2.17. The second-order valence-electron chi connectivity index (χ2n) is 4.45. The minimum absolute atomic E-state index is 0.00222. The zero-order chi connectivity index (χ0) is 14.7. The standard InChI is InChI=1S/C15H14BrFN2S/c1-9(10-4-2-5-11(16)8-10)19-13-7-3-6-12(17)14(13)15(18)20/h2-9,19H,1H3,(H2,18,20). The third-order valence-corrected chi connectivity index (χ3v) is 3.68. The maximum atomic E-state index is 13.8. The fraction of sp³-hybridized carbons (Fsp3) is 0.133. The monoisotopic (exact) mass is 352 g/mol. The molecule has 0 fully saturated rings. The van der Waals surface area contributed by atoms with Gasteiger partial charge in [-0.05, 0) is 36.8 Å². The number of anilines is 1. The molecule has 0 radical (unpaired) electrons. The molecule has 2 aromatic rings. The average Bonchev–Trinajstić information content (AvgIpc) is 2.38. The second-order valence-corrected chi connectivity index (χ2v) is 5.80. The van der Waals surface area contributed by atoms with Gasteiger partial charge in [-0.1, -0.05) is 46.3 Å². The molecule has 0 aliphatic heterocycles. The van der Waals surface area contributed by atoms with Crippen molar-refractivity contribution in [3.63, 3.8) is 0 Å². The highest BCUT2D eigenvalue weighted by molar-refractivity contribution is 9.10. The summed E-state index contributed by atoms with van der Waals surface area (Å²) in [5.74, 6) is -0.413. The molecule has 0 saturated carbocycles. The summed E-state index contributed by atoms with van der Waals surface area (Å²) in [5.41, 5.74) is 7.53. The molecule has 0 heterocycles. The molecule has 104 valence electrons. The van der Waals surface area contributed by atoms with Gasteiger partial charge in [-0.15, -0.1) is 0 Å². The number of rotatable bonds is 4. The highest BCUT2D eigenvalue weighted by Crippen LogP contribution is 2.25. The Kier molecular flexibility index (Phi) is 4.73. The van der Waals surface area contributed by atoms with Crippen molar-refractivity contribution in [3.8, 4) is 0 Å². The van der Waals surface area contributed by atoms with Gasteiger partial charge in [0, 0.05) is 16.2 Å². The SMILES string of the molecule is CC(Nc1cccc(F)c1C(N)=S)c1cccc(Br)c1. The fourth-order valence-electron chi connectivity index (χ4n) is 1.99. The molecular formula is C15H14BrFN2S. The van der Waals surface area contributed by atoms with Gasteiger partial charge in [0.25, 0.3) is 0 Å². The molecule has 3 N–H and O–H groups in total. The number of benzene rings is 2. The molecule has 0 aliphatic rings. The topological polar surface area (TPSA) is 38.0 Å². The van der Waals surface area contributed by atoms with E-state index >= 15 is 0 Å². The smallest absolute Gasteiger partial charge is 0.135 e. The van der Waals surface area contributed by atoms with Gasteiger partial charge in [-0.25, -0.2) is 4.39 Å². The molecule has 5 heteroatoms. The van der Waals surface area contributed by atoms with E-state index < -0.39 is 5.82 Å². The van der Waals surface area contributed by atoms with Crippen molar-refractivity contribution in [1.82, 2.24) is 0 Å². The zero-order valence-corrected chi connectivity index (χ0v) is 13.3. The van der Waals surface area contributed by atoms with E-state index in [1.807, 2.05) is 31.2 Å². The molecule has 2 rings (SSSR count). The molecule has 2 aromatic carbocycles. The van der Waals surface area contributed by atoms with Crippen LogP contribution in [0.1, 0.15) is 24.1 Å². The van der Waals surface area contributed by atoms with Gasteiger partial charge in [-0.2, -0.15) is 0 Å². The molecule has 1 atom stereocenters. The number of thiocarbonyl (C=S) groups is 1. The van der Waals surface area contributed by atoms with E-state index in [0.717, 1.165) is 10.0 Å². The Morgan fingerprint density at radius 1 is 1.30 bits per heavy atom. The first-order valence-corrected chi connectivity index (χ1v) is 7.29. The molecule has 0 amide bonds. The number of hydrogen-bond donors (Lipinski definition) is 2. The van der Waals surface area contributed by atoms with Crippen molar-refractivity contribution in [2.45, 2.75) is 13.0 Å². The summed E-state index contributed by atoms with van der Waals surface area (Å²) < 4.78 is 14.8. The van der Waals surface area contributed by atoms with Crippen LogP contribution in [0.25, 0.3) is 0 Å². The Hall–Kier alpha value is -1.46. The van der Waals surface area contributed by atoms with Crippen molar-refractivity contribution in [3.05, 3.63) is 63.9 Å². The summed E-state index contributed by atoms with van der Waals surface area (Å²) in [5, 5.41) is 3.25. The molecule has 0 spiro atoms. The Morgan fingerprint density at radius 2 is 2.00 bits per heavy atom. The van der Waals surface area contributed by atoms with Crippen LogP contribution in [0.2, 0.25) is 0 Å². The minimum Gasteiger partial charge on any atom is -0.389 e. The quantitative estimate of drug-likeness (QED) is 0.801. The van der Waals surface area contributed by atoms with Crippen LogP contribution in [0, 0.1) is 5.82 Å². The van der Waals surface area contributed by atoms with E-state index in [9.17, 15) is 4.39 Å². The van der Waals surface area contributed by atoms with Crippen LogP contribution in [0.3, 0.4) is 0 Å². The van der Waals surface area contributed by atoms with Gasteiger partial charge in [0.05, 0.1) is 5.56 Å². The second kappa shape index (κ2) is 6.33. The summed E-state index contributed by atoms with van der Waals surface area (Å²) >= 11 is 8.35. The Morgan fingerprint density at radius 3 is 2.65 bits per heavy atom. The van der Waals surface area contributed by atoms with Gasteiger partial charge >= 0.3 is 0 Å². The van der Waals surface area contributed by atoms with Gasteiger partial charge < -0.3 is 11.1 Å². The van der Waals surface area contributed by atoms with Crippen molar-refractivity contribution in [2.24, 2.45) is 5.73 Å². The minimum atomic E-state index is -0.413. The maximum Gasteiger partial charge on any atom is 0.135 e. The van der Waals surface area contributed by atoms with Gasteiger partial charge in [0.1, 0.15) is 10.8 Å². The maximum absolute atomic E-state index is 13.8. The number of hydrogen-bond acceptors (Lipinski definition) is 2.